The van der Waals surface area contributed by atoms with Crippen molar-refractivity contribution in [2.24, 2.45) is 10.1 Å². The van der Waals surface area contributed by atoms with E-state index in [-0.39, 0.29) is 35.7 Å². The van der Waals surface area contributed by atoms with Crippen LogP contribution in [0.1, 0.15) is 6.42 Å². The summed E-state index contributed by atoms with van der Waals surface area (Å²) < 4.78 is 22.2. The second-order valence-electron chi connectivity index (χ2n) is 3.50. The number of primary sulfonamides is 1. The van der Waals surface area contributed by atoms with Crippen molar-refractivity contribution in [2.75, 3.05) is 12.3 Å². The molecule has 2 amide bonds. The summed E-state index contributed by atoms with van der Waals surface area (Å²) in [6.07, 6.45) is -0.146. The lowest BCUT2D eigenvalue weighted by Crippen LogP contribution is -2.34. The highest BCUT2D eigenvalue weighted by Crippen LogP contribution is 2.24. The lowest BCUT2D eigenvalue weighted by atomic mass is 10.4. The molecule has 16 heavy (non-hydrogen) atoms. The summed E-state index contributed by atoms with van der Waals surface area (Å²) in [4.78, 5) is 27.3. The fourth-order valence-corrected chi connectivity index (χ4v) is 3.06. The molecule has 0 aromatic rings. The number of aliphatic imine (C=N–C) groups is 1. The molecule has 2 aliphatic rings. The largest absolute Gasteiger partial charge is 0.290 e. The first-order chi connectivity index (χ1) is 7.38. The molecule has 1 fully saturated rings. The lowest BCUT2D eigenvalue weighted by molar-refractivity contribution is -0.124. The number of rotatable bonds is 1. The summed E-state index contributed by atoms with van der Waals surface area (Å²) >= 11 is 1.13. The zero-order chi connectivity index (χ0) is 11.9. The van der Waals surface area contributed by atoms with Gasteiger partial charge in [-0.25, -0.2) is 13.6 Å². The van der Waals surface area contributed by atoms with Crippen LogP contribution in [0.15, 0.2) is 4.99 Å². The van der Waals surface area contributed by atoms with Crippen LogP contribution >= 0.6 is 11.8 Å². The Morgan fingerprint density at radius 2 is 2.12 bits per heavy atom. The van der Waals surface area contributed by atoms with Crippen LogP contribution in [0.4, 0.5) is 0 Å². The maximum atomic E-state index is 11.5. The van der Waals surface area contributed by atoms with E-state index in [0.29, 0.717) is 0 Å². The van der Waals surface area contributed by atoms with Crippen molar-refractivity contribution in [1.82, 2.24) is 4.90 Å². The van der Waals surface area contributed by atoms with Crippen LogP contribution < -0.4 is 5.14 Å². The van der Waals surface area contributed by atoms with Gasteiger partial charge in [0.2, 0.25) is 15.9 Å². The third-order valence-corrected chi connectivity index (χ3v) is 4.54. The first-order valence-corrected chi connectivity index (χ1v) is 7.04. The van der Waals surface area contributed by atoms with Gasteiger partial charge in [-0.05, 0) is 0 Å². The molecule has 0 saturated carbocycles. The van der Waals surface area contributed by atoms with Gasteiger partial charge in [-0.2, -0.15) is 4.99 Å². The van der Waals surface area contributed by atoms with E-state index < -0.39 is 15.3 Å². The van der Waals surface area contributed by atoms with Crippen molar-refractivity contribution < 1.29 is 18.0 Å². The van der Waals surface area contributed by atoms with Gasteiger partial charge in [0.25, 0.3) is 5.91 Å². The number of nitrogens with zero attached hydrogens (tertiary/aromatic N) is 2. The maximum absolute atomic E-state index is 11.5. The van der Waals surface area contributed by atoms with Crippen LogP contribution in [0.25, 0.3) is 0 Å². The molecule has 88 valence electrons. The lowest BCUT2D eigenvalue weighted by Gasteiger charge is -2.13. The van der Waals surface area contributed by atoms with Crippen molar-refractivity contribution in [2.45, 2.75) is 11.7 Å². The van der Waals surface area contributed by atoms with E-state index in [1.807, 2.05) is 0 Å². The van der Waals surface area contributed by atoms with Gasteiger partial charge in [0.1, 0.15) is 5.25 Å². The molecule has 1 unspecified atom stereocenters. The summed E-state index contributed by atoms with van der Waals surface area (Å²) in [6, 6.07) is 0. The quantitative estimate of drug-likeness (QED) is 0.619. The molecule has 0 bridgehead atoms. The Kier molecular flexibility index (Phi) is 2.76. The van der Waals surface area contributed by atoms with E-state index in [0.717, 1.165) is 11.8 Å². The first-order valence-electron chi connectivity index (χ1n) is 4.44. The number of amides is 2. The molecular formula is C7H9N3O4S2. The number of thioether (sulfide) groups is 1. The number of sulfonamides is 1. The second-order valence-corrected chi connectivity index (χ2v) is 6.28. The minimum Gasteiger partial charge on any atom is -0.290 e. The van der Waals surface area contributed by atoms with E-state index in [9.17, 15) is 18.0 Å². The third kappa shape index (κ3) is 2.11. The molecule has 0 radical (unpaired) electrons. The number of hydrogen-bond donors (Lipinski definition) is 1. The van der Waals surface area contributed by atoms with E-state index >= 15 is 0 Å². The molecule has 1 saturated heterocycles. The Hall–Kier alpha value is -0.930. The molecule has 2 heterocycles. The molecule has 0 aromatic carbocycles. The van der Waals surface area contributed by atoms with Gasteiger partial charge in [-0.1, -0.05) is 11.8 Å². The van der Waals surface area contributed by atoms with E-state index in [4.69, 9.17) is 5.14 Å². The molecule has 7 nitrogen and oxygen atoms in total. The van der Waals surface area contributed by atoms with Crippen LogP contribution in [0.3, 0.4) is 0 Å². The Balaban J connectivity index is 2.18. The molecular weight excluding hydrogens is 254 g/mol. The minimum absolute atomic E-state index is 0.0171. The SMILES string of the molecule is NS(=O)(=O)C1CC(=O)N(C2=NC(=O)CS2)C1. The molecule has 2 rings (SSSR count). The minimum atomic E-state index is -3.72. The highest BCUT2D eigenvalue weighted by molar-refractivity contribution is 8.14. The predicted molar refractivity (Wildman–Crippen MR) is 58.1 cm³/mol. The van der Waals surface area contributed by atoms with Crippen LogP contribution in [0.5, 0.6) is 0 Å². The standard InChI is InChI=1S/C7H9N3O4S2/c8-16(13,14)4-1-6(12)10(2-4)7-9-5(11)3-15-7/h4H,1-3H2,(H2,8,13,14). The molecule has 0 aromatic heterocycles. The summed E-state index contributed by atoms with van der Waals surface area (Å²) in [5, 5.41) is 4.35. The fraction of sp³-hybridized carbons (Fsp3) is 0.571. The van der Waals surface area contributed by atoms with E-state index in [2.05, 4.69) is 4.99 Å². The summed E-state index contributed by atoms with van der Waals surface area (Å²) in [5.74, 6) is -0.481. The van der Waals surface area contributed by atoms with Crippen molar-refractivity contribution in [3.8, 4) is 0 Å². The van der Waals surface area contributed by atoms with E-state index in [1.165, 1.54) is 4.90 Å². The van der Waals surface area contributed by atoms with Crippen LogP contribution in [-0.2, 0) is 19.6 Å². The molecule has 0 aliphatic carbocycles. The number of carbonyl (C=O) groups is 2. The van der Waals surface area contributed by atoms with Gasteiger partial charge in [-0.15, -0.1) is 0 Å². The summed E-state index contributed by atoms with van der Waals surface area (Å²) in [7, 11) is -3.72. The topological polar surface area (TPSA) is 110 Å². The zero-order valence-corrected chi connectivity index (χ0v) is 9.75. The second kappa shape index (κ2) is 3.82. The highest BCUT2D eigenvalue weighted by Gasteiger charge is 2.40. The summed E-state index contributed by atoms with van der Waals surface area (Å²) in [5.41, 5.74) is 0. The van der Waals surface area contributed by atoms with Crippen molar-refractivity contribution in [1.29, 1.82) is 0 Å². The fourth-order valence-electron chi connectivity index (χ4n) is 1.52. The Morgan fingerprint density at radius 1 is 1.44 bits per heavy atom. The number of carbonyl (C=O) groups excluding carboxylic acids is 2. The van der Waals surface area contributed by atoms with Crippen molar-refractivity contribution in [3.05, 3.63) is 0 Å². The normalized spacial score (nSPS) is 26.4. The Morgan fingerprint density at radius 3 is 2.56 bits per heavy atom. The van der Waals surface area contributed by atoms with E-state index in [1.54, 1.807) is 0 Å². The molecule has 9 heteroatoms. The predicted octanol–water partition coefficient (Wildman–Crippen LogP) is -1.49. The van der Waals surface area contributed by atoms with Gasteiger partial charge in [0.05, 0.1) is 5.75 Å². The van der Waals surface area contributed by atoms with Crippen LogP contribution in [0.2, 0.25) is 0 Å². The van der Waals surface area contributed by atoms with Gasteiger partial charge >= 0.3 is 0 Å². The maximum Gasteiger partial charge on any atom is 0.258 e. The smallest absolute Gasteiger partial charge is 0.258 e. The Bertz CT molecular complexity index is 484. The average molecular weight is 263 g/mol. The zero-order valence-electron chi connectivity index (χ0n) is 8.12. The molecule has 2 aliphatic heterocycles. The van der Waals surface area contributed by atoms with Gasteiger partial charge < -0.3 is 0 Å². The summed E-state index contributed by atoms with van der Waals surface area (Å²) in [6.45, 7) is -0.0171. The Labute approximate surface area is 96.1 Å². The van der Waals surface area contributed by atoms with Crippen molar-refractivity contribution >= 4 is 38.8 Å². The van der Waals surface area contributed by atoms with Crippen LogP contribution in [0, 0.1) is 0 Å². The molecule has 1 atom stereocenters. The van der Waals surface area contributed by atoms with Crippen LogP contribution in [-0.4, -0.2) is 47.8 Å². The average Bonchev–Trinajstić information content (AvgIpc) is 2.70. The number of nitrogens with two attached hydrogens (primary N) is 1. The van der Waals surface area contributed by atoms with Gasteiger partial charge in [0.15, 0.2) is 5.17 Å². The number of hydrogen-bond acceptors (Lipinski definition) is 5. The van der Waals surface area contributed by atoms with Crippen molar-refractivity contribution in [3.63, 3.8) is 0 Å². The van der Waals surface area contributed by atoms with Gasteiger partial charge in [-0.3, -0.25) is 14.5 Å². The monoisotopic (exact) mass is 263 g/mol. The third-order valence-electron chi connectivity index (χ3n) is 2.33. The molecule has 0 spiro atoms. The first kappa shape index (κ1) is 11.6. The number of amidine groups is 1. The van der Waals surface area contributed by atoms with Gasteiger partial charge in [0, 0.05) is 13.0 Å². The highest BCUT2D eigenvalue weighted by atomic mass is 32.2. The molecule has 2 N–H and O–H groups in total. The number of likely N-dealkylation sites (tertiary alicyclic amines) is 1.